The molecule has 0 N–H and O–H groups in total. The zero-order valence-electron chi connectivity index (χ0n) is 9.56. The number of carbonyl (C=O) groups is 1. The summed E-state index contributed by atoms with van der Waals surface area (Å²) in [5.41, 5.74) is 1.85. The van der Waals surface area contributed by atoms with E-state index in [0.29, 0.717) is 0 Å². The third-order valence-electron chi connectivity index (χ3n) is 2.82. The molecule has 1 atom stereocenters. The van der Waals surface area contributed by atoms with Crippen LogP contribution in [-0.2, 0) is 0 Å². The third-order valence-corrected chi connectivity index (χ3v) is 3.54. The maximum atomic E-state index is 12.2. The highest BCUT2D eigenvalue weighted by molar-refractivity contribution is 14.1. The molecule has 0 radical (unpaired) electrons. The van der Waals surface area contributed by atoms with Crippen LogP contribution in [0.25, 0.3) is 0 Å². The van der Waals surface area contributed by atoms with Gasteiger partial charge in [-0.15, -0.1) is 0 Å². The minimum atomic E-state index is -0.0885. The van der Waals surface area contributed by atoms with E-state index in [1.54, 1.807) is 0 Å². The number of Topliss-reactive ketones (excluding diaryl/α,β-unsaturated/α-hetero) is 1. The standard InChI is InChI=1S/C15H13IO/c1-11(12-7-9-14(16)10-8-12)15(17)13-5-3-2-4-6-13/h2-11H,1H3/t11-/m1/s1. The summed E-state index contributed by atoms with van der Waals surface area (Å²) in [6, 6.07) is 17.6. The molecular formula is C15H13IO. The molecule has 0 aliphatic heterocycles. The van der Waals surface area contributed by atoms with E-state index in [1.807, 2.05) is 61.5 Å². The van der Waals surface area contributed by atoms with Crippen LogP contribution in [0.15, 0.2) is 54.6 Å². The van der Waals surface area contributed by atoms with Crippen molar-refractivity contribution < 1.29 is 4.79 Å². The summed E-state index contributed by atoms with van der Waals surface area (Å²) in [6.07, 6.45) is 0. The lowest BCUT2D eigenvalue weighted by Crippen LogP contribution is -2.09. The normalized spacial score (nSPS) is 12.1. The SMILES string of the molecule is C[C@@H](C(=O)c1ccccc1)c1ccc(I)cc1. The van der Waals surface area contributed by atoms with Crippen LogP contribution >= 0.6 is 22.6 Å². The monoisotopic (exact) mass is 336 g/mol. The Hall–Kier alpha value is -1.16. The average Bonchev–Trinajstić information content (AvgIpc) is 2.39. The Labute approximate surface area is 115 Å². The van der Waals surface area contributed by atoms with Crippen molar-refractivity contribution >= 4 is 28.4 Å². The van der Waals surface area contributed by atoms with Crippen LogP contribution in [0.2, 0.25) is 0 Å². The number of benzene rings is 2. The molecule has 0 aromatic heterocycles. The molecule has 0 saturated heterocycles. The quantitative estimate of drug-likeness (QED) is 0.604. The molecule has 0 unspecified atom stereocenters. The summed E-state index contributed by atoms with van der Waals surface area (Å²) < 4.78 is 1.19. The van der Waals surface area contributed by atoms with E-state index in [2.05, 4.69) is 22.6 Å². The first-order chi connectivity index (χ1) is 8.18. The summed E-state index contributed by atoms with van der Waals surface area (Å²) >= 11 is 2.26. The fourth-order valence-corrected chi connectivity index (χ4v) is 2.11. The third kappa shape index (κ3) is 2.94. The van der Waals surface area contributed by atoms with Gasteiger partial charge in [0, 0.05) is 15.1 Å². The van der Waals surface area contributed by atoms with E-state index in [1.165, 1.54) is 3.57 Å². The Morgan fingerprint density at radius 2 is 1.59 bits per heavy atom. The Balaban J connectivity index is 2.23. The van der Waals surface area contributed by atoms with Crippen molar-refractivity contribution in [1.82, 2.24) is 0 Å². The number of ketones is 1. The van der Waals surface area contributed by atoms with Gasteiger partial charge in [0.1, 0.15) is 0 Å². The number of hydrogen-bond donors (Lipinski definition) is 0. The van der Waals surface area contributed by atoms with Crippen molar-refractivity contribution in [3.8, 4) is 0 Å². The van der Waals surface area contributed by atoms with Gasteiger partial charge in [0.05, 0.1) is 0 Å². The van der Waals surface area contributed by atoms with Crippen molar-refractivity contribution in [3.63, 3.8) is 0 Å². The summed E-state index contributed by atoms with van der Waals surface area (Å²) in [4.78, 5) is 12.2. The van der Waals surface area contributed by atoms with Gasteiger partial charge >= 0.3 is 0 Å². The summed E-state index contributed by atoms with van der Waals surface area (Å²) in [5, 5.41) is 0. The van der Waals surface area contributed by atoms with Gasteiger partial charge in [0.2, 0.25) is 0 Å². The zero-order valence-corrected chi connectivity index (χ0v) is 11.7. The highest BCUT2D eigenvalue weighted by Gasteiger charge is 2.16. The van der Waals surface area contributed by atoms with Crippen molar-refractivity contribution in [2.24, 2.45) is 0 Å². The lowest BCUT2D eigenvalue weighted by molar-refractivity contribution is 0.0966. The smallest absolute Gasteiger partial charge is 0.170 e. The van der Waals surface area contributed by atoms with Crippen LogP contribution in [0.5, 0.6) is 0 Å². The largest absolute Gasteiger partial charge is 0.294 e. The molecule has 2 heteroatoms. The Kier molecular flexibility index (Phi) is 3.94. The topological polar surface area (TPSA) is 17.1 Å². The molecule has 0 fully saturated rings. The van der Waals surface area contributed by atoms with Gasteiger partial charge < -0.3 is 0 Å². The van der Waals surface area contributed by atoms with Crippen LogP contribution in [0.1, 0.15) is 28.8 Å². The molecule has 0 saturated carbocycles. The lowest BCUT2D eigenvalue weighted by atomic mass is 9.92. The minimum absolute atomic E-state index is 0.0885. The molecule has 0 aliphatic rings. The van der Waals surface area contributed by atoms with Crippen LogP contribution in [0.3, 0.4) is 0 Å². The van der Waals surface area contributed by atoms with Gasteiger partial charge in [-0.05, 0) is 40.3 Å². The summed E-state index contributed by atoms with van der Waals surface area (Å²) in [5.74, 6) is 0.0845. The van der Waals surface area contributed by atoms with Gasteiger partial charge in [-0.1, -0.05) is 49.4 Å². The second-order valence-corrected chi connectivity index (χ2v) is 5.25. The van der Waals surface area contributed by atoms with Gasteiger partial charge in [0.15, 0.2) is 5.78 Å². The Bertz CT molecular complexity index is 502. The van der Waals surface area contributed by atoms with E-state index in [-0.39, 0.29) is 11.7 Å². The van der Waals surface area contributed by atoms with Crippen LogP contribution in [0, 0.1) is 3.57 Å². The molecule has 17 heavy (non-hydrogen) atoms. The van der Waals surface area contributed by atoms with Crippen molar-refractivity contribution in [1.29, 1.82) is 0 Å². The average molecular weight is 336 g/mol. The van der Waals surface area contributed by atoms with Gasteiger partial charge in [-0.25, -0.2) is 0 Å². The Morgan fingerprint density at radius 1 is 1.00 bits per heavy atom. The molecule has 2 rings (SSSR count). The molecule has 0 aliphatic carbocycles. The second-order valence-electron chi connectivity index (χ2n) is 4.00. The van der Waals surface area contributed by atoms with Crippen molar-refractivity contribution in [2.75, 3.05) is 0 Å². The van der Waals surface area contributed by atoms with Crippen molar-refractivity contribution in [2.45, 2.75) is 12.8 Å². The predicted molar refractivity (Wildman–Crippen MR) is 78.3 cm³/mol. The van der Waals surface area contributed by atoms with Crippen LogP contribution < -0.4 is 0 Å². The second kappa shape index (κ2) is 5.45. The minimum Gasteiger partial charge on any atom is -0.294 e. The van der Waals surface area contributed by atoms with E-state index in [0.717, 1.165) is 11.1 Å². The number of rotatable bonds is 3. The highest BCUT2D eigenvalue weighted by atomic mass is 127. The van der Waals surface area contributed by atoms with E-state index >= 15 is 0 Å². The Morgan fingerprint density at radius 3 is 2.18 bits per heavy atom. The maximum Gasteiger partial charge on any atom is 0.170 e. The molecule has 2 aromatic carbocycles. The molecule has 0 heterocycles. The fourth-order valence-electron chi connectivity index (χ4n) is 1.76. The molecule has 1 nitrogen and oxygen atoms in total. The maximum absolute atomic E-state index is 12.2. The number of halogens is 1. The summed E-state index contributed by atoms with van der Waals surface area (Å²) in [7, 11) is 0. The van der Waals surface area contributed by atoms with E-state index in [9.17, 15) is 4.79 Å². The molecule has 0 spiro atoms. The van der Waals surface area contributed by atoms with Gasteiger partial charge in [-0.2, -0.15) is 0 Å². The van der Waals surface area contributed by atoms with Gasteiger partial charge in [0.25, 0.3) is 0 Å². The highest BCUT2D eigenvalue weighted by Crippen LogP contribution is 2.21. The van der Waals surface area contributed by atoms with E-state index in [4.69, 9.17) is 0 Å². The van der Waals surface area contributed by atoms with Gasteiger partial charge in [-0.3, -0.25) is 4.79 Å². The zero-order chi connectivity index (χ0) is 12.3. The molecular weight excluding hydrogens is 323 g/mol. The first kappa shape index (κ1) is 12.3. The molecule has 86 valence electrons. The molecule has 0 bridgehead atoms. The van der Waals surface area contributed by atoms with Crippen molar-refractivity contribution in [3.05, 3.63) is 69.3 Å². The first-order valence-corrected chi connectivity index (χ1v) is 6.61. The fraction of sp³-hybridized carbons (Fsp3) is 0.133. The molecule has 2 aromatic rings. The summed E-state index contributed by atoms with van der Waals surface area (Å²) in [6.45, 7) is 1.96. The predicted octanol–water partition coefficient (Wildman–Crippen LogP) is 4.28. The molecule has 0 amide bonds. The first-order valence-electron chi connectivity index (χ1n) is 5.53. The van der Waals surface area contributed by atoms with Crippen LogP contribution in [0.4, 0.5) is 0 Å². The van der Waals surface area contributed by atoms with Crippen LogP contribution in [-0.4, -0.2) is 5.78 Å². The van der Waals surface area contributed by atoms with E-state index < -0.39 is 0 Å². The number of carbonyl (C=O) groups excluding carboxylic acids is 1. The number of hydrogen-bond acceptors (Lipinski definition) is 1. The lowest BCUT2D eigenvalue weighted by Gasteiger charge is -2.10.